The van der Waals surface area contributed by atoms with E-state index in [0.717, 1.165) is 4.31 Å². The van der Waals surface area contributed by atoms with Crippen molar-refractivity contribution in [2.75, 3.05) is 10.9 Å². The van der Waals surface area contributed by atoms with Crippen LogP contribution >= 0.6 is 46.8 Å². The second-order valence-electron chi connectivity index (χ2n) is 4.71. The van der Waals surface area contributed by atoms with E-state index < -0.39 is 9.83 Å². The molecule has 0 aliphatic rings. The number of alkyl halides is 3. The maximum Gasteiger partial charge on any atom is 0.324 e. The van der Waals surface area contributed by atoms with Crippen LogP contribution in [0.1, 0.15) is 10.4 Å². The fourth-order valence-electron chi connectivity index (χ4n) is 1.91. The van der Waals surface area contributed by atoms with E-state index in [2.05, 4.69) is 6.58 Å². The van der Waals surface area contributed by atoms with E-state index in [4.69, 9.17) is 39.5 Å². The minimum atomic E-state index is -2.71. The van der Waals surface area contributed by atoms with Crippen molar-refractivity contribution in [3.05, 3.63) is 71.8 Å². The fourth-order valence-corrected chi connectivity index (χ4v) is 3.15. The van der Waals surface area contributed by atoms with Gasteiger partial charge >= 0.3 is 3.92 Å². The molecule has 1 amide bonds. The molecule has 2 rings (SSSR count). The standard InChI is InChI=1S/C17H13Cl3FNO2S/c1-2-10-24-13-7-5-6-12(11-13)22(25-17(19,20)21)16(23)14-8-3-4-9-15(14)18/h2-9,11H,1,10H2. The second kappa shape index (κ2) is 8.81. The number of carbonyl (C=O) groups excluding carboxylic acids is 1. The van der Waals surface area contributed by atoms with Gasteiger partial charge in [-0.3, -0.25) is 4.79 Å². The maximum atomic E-state index is 13.8. The molecule has 0 bridgehead atoms. The van der Waals surface area contributed by atoms with Gasteiger partial charge in [0, 0.05) is 18.0 Å². The predicted octanol–water partition coefficient (Wildman–Crippen LogP) is 6.26. The SMILES string of the molecule is C=CCOc1cccc(N(SC(F)(Cl)Cl)C(=O)c2ccccc2Cl)c1. The van der Waals surface area contributed by atoms with Crippen molar-refractivity contribution in [2.45, 2.75) is 3.92 Å². The Morgan fingerprint density at radius 3 is 2.64 bits per heavy atom. The molecular formula is C17H13Cl3FNO2S. The molecule has 25 heavy (non-hydrogen) atoms. The number of anilines is 1. The first kappa shape index (κ1) is 19.9. The molecule has 8 heteroatoms. The Balaban J connectivity index is 2.41. The van der Waals surface area contributed by atoms with Gasteiger partial charge in [-0.05, 0) is 24.3 Å². The maximum absolute atomic E-state index is 13.8. The summed E-state index contributed by atoms with van der Waals surface area (Å²) in [6, 6.07) is 12.9. The van der Waals surface area contributed by atoms with Crippen LogP contribution in [0.3, 0.4) is 0 Å². The largest absolute Gasteiger partial charge is 0.489 e. The summed E-state index contributed by atoms with van der Waals surface area (Å²) in [4.78, 5) is 12.8. The van der Waals surface area contributed by atoms with Crippen molar-refractivity contribution in [1.29, 1.82) is 0 Å². The first-order chi connectivity index (χ1) is 11.8. The highest BCUT2D eigenvalue weighted by atomic mass is 35.5. The summed E-state index contributed by atoms with van der Waals surface area (Å²) in [7, 11) is 0. The van der Waals surface area contributed by atoms with Crippen LogP contribution in [-0.2, 0) is 0 Å². The summed E-state index contributed by atoms with van der Waals surface area (Å²) in [6.07, 6.45) is 1.58. The number of carbonyl (C=O) groups is 1. The fraction of sp³-hybridized carbons (Fsp3) is 0.118. The number of amides is 1. The van der Waals surface area contributed by atoms with Crippen molar-refractivity contribution in [2.24, 2.45) is 0 Å². The van der Waals surface area contributed by atoms with Gasteiger partial charge < -0.3 is 4.74 Å². The van der Waals surface area contributed by atoms with E-state index >= 15 is 0 Å². The van der Waals surface area contributed by atoms with E-state index in [1.165, 1.54) is 6.07 Å². The van der Waals surface area contributed by atoms with Crippen LogP contribution in [0, 0.1) is 0 Å². The van der Waals surface area contributed by atoms with Crippen LogP contribution in [0.4, 0.5) is 10.1 Å². The van der Waals surface area contributed by atoms with Gasteiger partial charge in [-0.1, -0.05) is 65.7 Å². The van der Waals surface area contributed by atoms with Gasteiger partial charge in [-0.15, -0.1) is 0 Å². The highest BCUT2D eigenvalue weighted by Gasteiger charge is 2.33. The van der Waals surface area contributed by atoms with Gasteiger partial charge in [0.1, 0.15) is 12.4 Å². The Morgan fingerprint density at radius 1 is 1.28 bits per heavy atom. The molecule has 3 nitrogen and oxygen atoms in total. The van der Waals surface area contributed by atoms with Crippen molar-refractivity contribution in [1.82, 2.24) is 0 Å². The van der Waals surface area contributed by atoms with Crippen LogP contribution in [0.5, 0.6) is 5.75 Å². The van der Waals surface area contributed by atoms with Crippen LogP contribution in [-0.4, -0.2) is 16.4 Å². The third-order valence-corrected chi connectivity index (χ3v) is 4.41. The van der Waals surface area contributed by atoms with Gasteiger partial charge in [0.2, 0.25) is 0 Å². The number of hydrogen-bond donors (Lipinski definition) is 0. The lowest BCUT2D eigenvalue weighted by atomic mass is 10.2. The molecule has 0 aromatic heterocycles. The van der Waals surface area contributed by atoms with Crippen LogP contribution in [0.15, 0.2) is 61.2 Å². The number of nitrogens with zero attached hydrogens (tertiary/aromatic N) is 1. The highest BCUT2D eigenvalue weighted by molar-refractivity contribution is 8.05. The molecule has 0 saturated carbocycles. The Hall–Kier alpha value is -1.40. The van der Waals surface area contributed by atoms with E-state index in [0.29, 0.717) is 23.4 Å². The van der Waals surface area contributed by atoms with E-state index in [9.17, 15) is 9.18 Å². The predicted molar refractivity (Wildman–Crippen MR) is 104 cm³/mol. The van der Waals surface area contributed by atoms with Crippen LogP contribution < -0.4 is 9.04 Å². The molecule has 0 aliphatic heterocycles. The zero-order chi connectivity index (χ0) is 18.4. The molecule has 0 atom stereocenters. The van der Waals surface area contributed by atoms with Crippen molar-refractivity contribution in [3.8, 4) is 5.75 Å². The second-order valence-corrected chi connectivity index (χ2v) is 7.91. The zero-order valence-corrected chi connectivity index (χ0v) is 15.9. The first-order valence-corrected chi connectivity index (χ1v) is 8.91. The molecule has 0 spiro atoms. The average molecular weight is 421 g/mol. The van der Waals surface area contributed by atoms with Gasteiger partial charge in [-0.25, -0.2) is 4.31 Å². The summed E-state index contributed by atoms with van der Waals surface area (Å²) in [5.74, 6) is -0.0941. The minimum absolute atomic E-state index is 0.187. The van der Waals surface area contributed by atoms with Crippen LogP contribution in [0.2, 0.25) is 5.02 Å². The van der Waals surface area contributed by atoms with E-state index in [-0.39, 0.29) is 17.2 Å². The Kier molecular flexibility index (Phi) is 7.02. The number of rotatable bonds is 7. The van der Waals surface area contributed by atoms with E-state index in [1.54, 1.807) is 48.5 Å². The third-order valence-electron chi connectivity index (χ3n) is 2.90. The number of hydrogen-bond acceptors (Lipinski definition) is 3. The van der Waals surface area contributed by atoms with Gasteiger partial charge in [0.05, 0.1) is 16.3 Å². The number of benzene rings is 2. The molecule has 2 aromatic carbocycles. The molecule has 2 aromatic rings. The monoisotopic (exact) mass is 419 g/mol. The number of ether oxygens (including phenoxy) is 1. The van der Waals surface area contributed by atoms with Gasteiger partial charge in [0.25, 0.3) is 5.91 Å². The summed E-state index contributed by atoms with van der Waals surface area (Å²) in [5.41, 5.74) is 0.520. The average Bonchev–Trinajstić information content (AvgIpc) is 2.57. The number of halogens is 4. The molecule has 0 fully saturated rings. The Labute approximate surface area is 164 Å². The zero-order valence-electron chi connectivity index (χ0n) is 12.8. The van der Waals surface area contributed by atoms with Crippen LogP contribution in [0.25, 0.3) is 0 Å². The molecule has 0 aliphatic carbocycles. The summed E-state index contributed by atoms with van der Waals surface area (Å²) < 4.78 is 17.6. The first-order valence-electron chi connectivity index (χ1n) is 7.00. The smallest absolute Gasteiger partial charge is 0.324 e. The molecule has 0 heterocycles. The Bertz CT molecular complexity index is 768. The summed E-state index contributed by atoms with van der Waals surface area (Å²) >= 11 is 17.3. The Morgan fingerprint density at radius 2 is 2.00 bits per heavy atom. The van der Waals surface area contributed by atoms with Crippen molar-refractivity contribution < 1.29 is 13.9 Å². The lowest BCUT2D eigenvalue weighted by Gasteiger charge is -2.24. The highest BCUT2D eigenvalue weighted by Crippen LogP contribution is 2.42. The molecule has 0 radical (unpaired) electrons. The quantitative estimate of drug-likeness (QED) is 0.301. The van der Waals surface area contributed by atoms with E-state index in [1.807, 2.05) is 0 Å². The lowest BCUT2D eigenvalue weighted by Crippen LogP contribution is -2.27. The minimum Gasteiger partial charge on any atom is -0.489 e. The molecule has 132 valence electrons. The topological polar surface area (TPSA) is 29.5 Å². The molecule has 0 unspecified atom stereocenters. The summed E-state index contributed by atoms with van der Waals surface area (Å²) in [5, 5.41) is 0.228. The van der Waals surface area contributed by atoms with Gasteiger partial charge in [0.15, 0.2) is 0 Å². The van der Waals surface area contributed by atoms with Crippen molar-refractivity contribution in [3.63, 3.8) is 0 Å². The molecular weight excluding hydrogens is 408 g/mol. The normalized spacial score (nSPS) is 11.0. The molecule has 0 N–H and O–H groups in total. The third kappa shape index (κ3) is 5.82. The van der Waals surface area contributed by atoms with Gasteiger partial charge in [-0.2, -0.15) is 4.39 Å². The molecule has 0 saturated heterocycles. The lowest BCUT2D eigenvalue weighted by molar-refractivity contribution is 0.101. The van der Waals surface area contributed by atoms with Crippen molar-refractivity contribution >= 4 is 58.3 Å². The summed E-state index contributed by atoms with van der Waals surface area (Å²) in [6.45, 7) is 3.85.